The van der Waals surface area contributed by atoms with Crippen LogP contribution in [0.1, 0.15) is 35.2 Å². The Morgan fingerprint density at radius 3 is 2.41 bits per heavy atom. The Bertz CT molecular complexity index is 1560. The van der Waals surface area contributed by atoms with E-state index in [4.69, 9.17) is 5.11 Å². The van der Waals surface area contributed by atoms with Gasteiger partial charge >= 0.3 is 12.1 Å². The number of hydrogen-bond acceptors (Lipinski definition) is 5. The minimum Gasteiger partial charge on any atom is -0.478 e. The first-order chi connectivity index (χ1) is 18.6. The highest BCUT2D eigenvalue weighted by molar-refractivity contribution is 5.97. The number of hydrogen-bond donors (Lipinski definition) is 2. The molecule has 11 heteroatoms. The van der Waals surface area contributed by atoms with Gasteiger partial charge in [-0.05, 0) is 67.4 Å². The van der Waals surface area contributed by atoms with E-state index in [9.17, 15) is 22.8 Å². The van der Waals surface area contributed by atoms with Gasteiger partial charge in [-0.2, -0.15) is 13.2 Å². The molecule has 4 heterocycles. The lowest BCUT2D eigenvalue weighted by atomic mass is 9.77. The van der Waals surface area contributed by atoms with Crippen molar-refractivity contribution in [2.24, 2.45) is 5.41 Å². The highest BCUT2D eigenvalue weighted by Gasteiger charge is 2.45. The number of nitrogens with zero attached hydrogens (tertiary/aromatic N) is 4. The summed E-state index contributed by atoms with van der Waals surface area (Å²) in [6, 6.07) is 13.5. The van der Waals surface area contributed by atoms with Crippen LogP contribution in [0.4, 0.5) is 24.7 Å². The quantitative estimate of drug-likeness (QED) is 0.365. The van der Waals surface area contributed by atoms with E-state index < -0.39 is 17.7 Å². The first kappa shape index (κ1) is 24.9. The number of fused-ring (bicyclic) bond motifs is 1. The molecule has 0 bridgehead atoms. The van der Waals surface area contributed by atoms with E-state index in [1.807, 2.05) is 12.1 Å². The summed E-state index contributed by atoms with van der Waals surface area (Å²) in [6.45, 7) is 2.06. The number of carbonyl (C=O) groups is 2. The van der Waals surface area contributed by atoms with Crippen LogP contribution in [0.25, 0.3) is 22.4 Å². The molecule has 0 aliphatic carbocycles. The normalized spacial score (nSPS) is 17.4. The largest absolute Gasteiger partial charge is 0.478 e. The summed E-state index contributed by atoms with van der Waals surface area (Å²) < 4.78 is 39.1. The van der Waals surface area contributed by atoms with E-state index in [0.29, 0.717) is 41.1 Å². The number of halogens is 3. The van der Waals surface area contributed by atoms with Crippen molar-refractivity contribution in [1.29, 1.82) is 0 Å². The Hall–Kier alpha value is -4.41. The van der Waals surface area contributed by atoms with Gasteiger partial charge < -0.3 is 19.9 Å². The average Bonchev–Trinajstić information content (AvgIpc) is 3.49. The third-order valence-corrected chi connectivity index (χ3v) is 7.73. The standard InChI is InChI=1S/C28H24F3N5O3/c29-28(30,31)19-4-7-21-22(13-19)34-25(33-21)18-3-8-23(32-15-18)35-11-9-27(10-12-35)14-24(37)36(16-27)20-5-1-17(2-6-20)26(38)39/h1-8,13,15H,9-12,14,16H2,(H,33,34)(H,38,39). The summed E-state index contributed by atoms with van der Waals surface area (Å²) in [5.41, 5.74) is 1.45. The molecule has 200 valence electrons. The maximum Gasteiger partial charge on any atom is 0.416 e. The minimum absolute atomic E-state index is 0.0437. The molecule has 0 atom stereocenters. The van der Waals surface area contributed by atoms with Gasteiger partial charge in [0.2, 0.25) is 5.91 Å². The number of amides is 1. The Morgan fingerprint density at radius 2 is 1.77 bits per heavy atom. The smallest absolute Gasteiger partial charge is 0.416 e. The van der Waals surface area contributed by atoms with Gasteiger partial charge in [0, 0.05) is 48.9 Å². The van der Waals surface area contributed by atoms with Crippen LogP contribution in [0.3, 0.4) is 0 Å². The second kappa shape index (κ2) is 9.11. The second-order valence-corrected chi connectivity index (χ2v) is 10.2. The van der Waals surface area contributed by atoms with Crippen LogP contribution < -0.4 is 9.80 Å². The number of aromatic amines is 1. The molecule has 0 saturated carbocycles. The van der Waals surface area contributed by atoms with Gasteiger partial charge in [0.15, 0.2) is 0 Å². The lowest BCUT2D eigenvalue weighted by molar-refractivity contribution is -0.137. The number of carbonyl (C=O) groups excluding carboxylic acids is 1. The van der Waals surface area contributed by atoms with E-state index >= 15 is 0 Å². The molecule has 2 saturated heterocycles. The van der Waals surface area contributed by atoms with Crippen LogP contribution >= 0.6 is 0 Å². The first-order valence-electron chi connectivity index (χ1n) is 12.5. The van der Waals surface area contributed by atoms with Gasteiger partial charge in [-0.3, -0.25) is 4.79 Å². The van der Waals surface area contributed by atoms with Crippen molar-refractivity contribution in [1.82, 2.24) is 15.0 Å². The van der Waals surface area contributed by atoms with Crippen molar-refractivity contribution in [3.63, 3.8) is 0 Å². The number of pyridine rings is 1. The summed E-state index contributed by atoms with van der Waals surface area (Å²) in [5.74, 6) is 0.274. The topological polar surface area (TPSA) is 102 Å². The number of piperidine rings is 1. The van der Waals surface area contributed by atoms with Crippen LogP contribution in [0.5, 0.6) is 0 Å². The molecule has 2 aromatic carbocycles. The predicted octanol–water partition coefficient (Wildman–Crippen LogP) is 5.37. The molecule has 2 N–H and O–H groups in total. The molecular formula is C28H24F3N5O3. The number of nitrogens with one attached hydrogen (secondary N) is 1. The van der Waals surface area contributed by atoms with Crippen molar-refractivity contribution >= 4 is 34.4 Å². The third kappa shape index (κ3) is 4.68. The Labute approximate surface area is 221 Å². The molecule has 4 aromatic rings. The van der Waals surface area contributed by atoms with E-state index in [0.717, 1.165) is 43.9 Å². The number of carboxylic acid groups (broad SMARTS) is 1. The van der Waals surface area contributed by atoms with Crippen molar-refractivity contribution in [2.75, 3.05) is 29.4 Å². The average molecular weight is 536 g/mol. The lowest BCUT2D eigenvalue weighted by Gasteiger charge is -2.39. The van der Waals surface area contributed by atoms with E-state index in [2.05, 4.69) is 19.9 Å². The number of benzene rings is 2. The molecule has 39 heavy (non-hydrogen) atoms. The maximum absolute atomic E-state index is 13.0. The number of anilines is 2. The predicted molar refractivity (Wildman–Crippen MR) is 139 cm³/mol. The zero-order valence-electron chi connectivity index (χ0n) is 20.7. The van der Waals surface area contributed by atoms with Crippen LogP contribution in [0.15, 0.2) is 60.8 Å². The molecule has 2 aromatic heterocycles. The van der Waals surface area contributed by atoms with Gasteiger partial charge in [-0.1, -0.05) is 0 Å². The van der Waals surface area contributed by atoms with E-state index in [1.54, 1.807) is 23.2 Å². The number of imidazole rings is 1. The van der Waals surface area contributed by atoms with E-state index in [-0.39, 0.29) is 16.9 Å². The highest BCUT2D eigenvalue weighted by Crippen LogP contribution is 2.43. The fourth-order valence-electron chi connectivity index (χ4n) is 5.50. The number of carboxylic acids is 1. The SMILES string of the molecule is O=C(O)c1ccc(N2CC3(CCN(c4ccc(-c5nc6ccc(C(F)(F)F)cc6[nH]5)cn4)CC3)CC2=O)cc1. The molecule has 8 nitrogen and oxygen atoms in total. The number of aromatic carboxylic acids is 1. The molecule has 2 aliphatic heterocycles. The Balaban J connectivity index is 1.12. The Kier molecular flexibility index (Phi) is 5.81. The summed E-state index contributed by atoms with van der Waals surface area (Å²) in [6.07, 6.45) is -0.680. The van der Waals surface area contributed by atoms with Gasteiger partial charge in [0.1, 0.15) is 11.6 Å². The molecule has 2 aliphatic rings. The number of rotatable bonds is 4. The molecule has 1 amide bonds. The third-order valence-electron chi connectivity index (χ3n) is 7.73. The van der Waals surface area contributed by atoms with Crippen molar-refractivity contribution in [3.8, 4) is 11.4 Å². The molecule has 0 unspecified atom stereocenters. The molecule has 1 spiro atoms. The number of H-pyrrole nitrogens is 1. The highest BCUT2D eigenvalue weighted by atomic mass is 19.4. The fourth-order valence-corrected chi connectivity index (χ4v) is 5.50. The molecule has 0 radical (unpaired) electrons. The minimum atomic E-state index is -4.42. The van der Waals surface area contributed by atoms with E-state index in [1.165, 1.54) is 18.2 Å². The monoisotopic (exact) mass is 535 g/mol. The number of aromatic nitrogens is 3. The van der Waals surface area contributed by atoms with Crippen molar-refractivity contribution < 1.29 is 27.9 Å². The van der Waals surface area contributed by atoms with Crippen molar-refractivity contribution in [3.05, 3.63) is 71.9 Å². The molecular weight excluding hydrogens is 511 g/mol. The fraction of sp³-hybridized carbons (Fsp3) is 0.286. The van der Waals surface area contributed by atoms with Crippen molar-refractivity contribution in [2.45, 2.75) is 25.4 Å². The van der Waals surface area contributed by atoms with Gasteiger partial charge in [0.25, 0.3) is 0 Å². The maximum atomic E-state index is 13.0. The summed E-state index contributed by atoms with van der Waals surface area (Å²) in [5, 5.41) is 9.12. The summed E-state index contributed by atoms with van der Waals surface area (Å²) in [7, 11) is 0. The first-order valence-corrected chi connectivity index (χ1v) is 12.5. The molecule has 2 fully saturated rings. The van der Waals surface area contributed by atoms with Gasteiger partial charge in [0.05, 0.1) is 22.2 Å². The summed E-state index contributed by atoms with van der Waals surface area (Å²) >= 11 is 0. The van der Waals surface area contributed by atoms with Crippen LogP contribution in [0, 0.1) is 5.41 Å². The number of alkyl halides is 3. The summed E-state index contributed by atoms with van der Waals surface area (Å²) in [4.78, 5) is 39.8. The van der Waals surface area contributed by atoms with Crippen LogP contribution in [-0.4, -0.2) is 51.6 Å². The second-order valence-electron chi connectivity index (χ2n) is 10.2. The zero-order chi connectivity index (χ0) is 27.4. The lowest BCUT2D eigenvalue weighted by Crippen LogP contribution is -2.42. The van der Waals surface area contributed by atoms with Gasteiger partial charge in [-0.25, -0.2) is 14.8 Å². The van der Waals surface area contributed by atoms with Crippen LogP contribution in [-0.2, 0) is 11.0 Å². The van der Waals surface area contributed by atoms with Gasteiger partial charge in [-0.15, -0.1) is 0 Å². The Morgan fingerprint density at radius 1 is 1.03 bits per heavy atom. The van der Waals surface area contributed by atoms with Crippen LogP contribution in [0.2, 0.25) is 0 Å². The zero-order valence-corrected chi connectivity index (χ0v) is 20.7. The molecule has 6 rings (SSSR count).